The SMILES string of the molecule is CCC(CC)(CN)NC(=O)c1ccc(S(=O)(=O)N(C)C2CCCCC2)cc1.Cl. The Morgan fingerprint density at radius 1 is 1.14 bits per heavy atom. The zero-order chi connectivity index (χ0) is 20.1. The Labute approximate surface area is 175 Å². The molecule has 0 saturated heterocycles. The maximum absolute atomic E-state index is 12.9. The number of nitrogens with two attached hydrogens (primary N) is 1. The zero-order valence-electron chi connectivity index (χ0n) is 17.1. The number of nitrogens with one attached hydrogen (secondary N) is 1. The third-order valence-electron chi connectivity index (χ3n) is 6.01. The molecule has 1 amide bonds. The first-order chi connectivity index (χ1) is 12.8. The second kappa shape index (κ2) is 10.6. The second-order valence-electron chi connectivity index (χ2n) is 7.48. The van der Waals surface area contributed by atoms with E-state index in [-0.39, 0.29) is 29.3 Å². The summed E-state index contributed by atoms with van der Waals surface area (Å²) in [6, 6.07) is 6.25. The van der Waals surface area contributed by atoms with Crippen LogP contribution in [-0.4, -0.2) is 43.8 Å². The van der Waals surface area contributed by atoms with Crippen LogP contribution in [0.3, 0.4) is 0 Å². The van der Waals surface area contributed by atoms with E-state index in [0.717, 1.165) is 38.5 Å². The van der Waals surface area contributed by atoms with Gasteiger partial charge in [0, 0.05) is 25.2 Å². The smallest absolute Gasteiger partial charge is 0.251 e. The van der Waals surface area contributed by atoms with Crippen LogP contribution >= 0.6 is 12.4 Å². The molecule has 6 nitrogen and oxygen atoms in total. The Hall–Kier alpha value is -1.15. The van der Waals surface area contributed by atoms with Crippen molar-refractivity contribution >= 4 is 28.3 Å². The van der Waals surface area contributed by atoms with Gasteiger partial charge >= 0.3 is 0 Å². The van der Waals surface area contributed by atoms with Gasteiger partial charge in [-0.05, 0) is 49.9 Å². The van der Waals surface area contributed by atoms with Gasteiger partial charge in [0.1, 0.15) is 0 Å². The minimum absolute atomic E-state index is 0. The lowest BCUT2D eigenvalue weighted by Crippen LogP contribution is -2.52. The molecule has 1 aliphatic carbocycles. The van der Waals surface area contributed by atoms with Gasteiger partial charge < -0.3 is 11.1 Å². The summed E-state index contributed by atoms with van der Waals surface area (Å²) in [7, 11) is -1.89. The lowest BCUT2D eigenvalue weighted by atomic mass is 9.92. The minimum atomic E-state index is -3.55. The van der Waals surface area contributed by atoms with Crippen molar-refractivity contribution in [2.45, 2.75) is 75.3 Å². The van der Waals surface area contributed by atoms with Crippen LogP contribution in [0.15, 0.2) is 29.2 Å². The summed E-state index contributed by atoms with van der Waals surface area (Å²) < 4.78 is 27.3. The average molecular weight is 432 g/mol. The molecule has 0 bridgehead atoms. The van der Waals surface area contributed by atoms with Crippen molar-refractivity contribution in [1.29, 1.82) is 0 Å². The summed E-state index contributed by atoms with van der Waals surface area (Å²) in [6.45, 7) is 4.35. The lowest BCUT2D eigenvalue weighted by Gasteiger charge is -2.31. The summed E-state index contributed by atoms with van der Waals surface area (Å²) in [5.74, 6) is -0.228. The van der Waals surface area contributed by atoms with Gasteiger partial charge in [-0.2, -0.15) is 4.31 Å². The third kappa shape index (κ3) is 5.47. The molecule has 0 spiro atoms. The number of hydrogen-bond donors (Lipinski definition) is 2. The van der Waals surface area contributed by atoms with Gasteiger partial charge in [0.25, 0.3) is 5.91 Å². The number of carbonyl (C=O) groups excluding carboxylic acids is 1. The molecule has 1 aromatic rings. The van der Waals surface area contributed by atoms with Gasteiger partial charge in [0.05, 0.1) is 10.4 Å². The molecule has 0 atom stereocenters. The molecule has 28 heavy (non-hydrogen) atoms. The number of nitrogens with zero attached hydrogens (tertiary/aromatic N) is 1. The fourth-order valence-corrected chi connectivity index (χ4v) is 5.08. The van der Waals surface area contributed by atoms with Crippen molar-refractivity contribution in [3.63, 3.8) is 0 Å². The maximum Gasteiger partial charge on any atom is 0.251 e. The first-order valence-corrected chi connectivity index (χ1v) is 11.3. The third-order valence-corrected chi connectivity index (χ3v) is 7.93. The highest BCUT2D eigenvalue weighted by Crippen LogP contribution is 2.26. The van der Waals surface area contributed by atoms with Gasteiger partial charge in [-0.1, -0.05) is 33.1 Å². The fourth-order valence-electron chi connectivity index (χ4n) is 3.66. The van der Waals surface area contributed by atoms with Gasteiger partial charge in [-0.25, -0.2) is 8.42 Å². The van der Waals surface area contributed by atoms with E-state index in [2.05, 4.69) is 5.32 Å². The van der Waals surface area contributed by atoms with Gasteiger partial charge in [0.15, 0.2) is 0 Å². The van der Waals surface area contributed by atoms with Crippen LogP contribution in [0.1, 0.15) is 69.2 Å². The number of halogens is 1. The standard InChI is InChI=1S/C20H33N3O3S.ClH/c1-4-20(5-2,15-21)22-19(24)16-11-13-18(14-12-16)27(25,26)23(3)17-9-7-6-8-10-17;/h11-14,17H,4-10,15,21H2,1-3H3,(H,22,24);1H. The minimum Gasteiger partial charge on any atom is -0.345 e. The van der Waals surface area contributed by atoms with Crippen molar-refractivity contribution < 1.29 is 13.2 Å². The highest BCUT2D eigenvalue weighted by Gasteiger charge is 2.30. The van der Waals surface area contributed by atoms with Crippen LogP contribution in [0.4, 0.5) is 0 Å². The number of sulfonamides is 1. The highest BCUT2D eigenvalue weighted by molar-refractivity contribution is 7.89. The van der Waals surface area contributed by atoms with Crippen molar-refractivity contribution in [3.8, 4) is 0 Å². The van der Waals surface area contributed by atoms with Crippen LogP contribution in [0.5, 0.6) is 0 Å². The lowest BCUT2D eigenvalue weighted by molar-refractivity contribution is 0.0895. The second-order valence-corrected chi connectivity index (χ2v) is 9.48. The van der Waals surface area contributed by atoms with E-state index in [9.17, 15) is 13.2 Å². The normalized spacial score (nSPS) is 15.9. The van der Waals surface area contributed by atoms with E-state index in [1.807, 2.05) is 13.8 Å². The number of amides is 1. The van der Waals surface area contributed by atoms with Crippen LogP contribution in [-0.2, 0) is 10.0 Å². The molecule has 8 heteroatoms. The maximum atomic E-state index is 12.9. The summed E-state index contributed by atoms with van der Waals surface area (Å²) >= 11 is 0. The molecular formula is C20H34ClN3O3S. The summed E-state index contributed by atoms with van der Waals surface area (Å²) in [5, 5.41) is 3.00. The van der Waals surface area contributed by atoms with E-state index >= 15 is 0 Å². The Morgan fingerprint density at radius 3 is 2.14 bits per heavy atom. The highest BCUT2D eigenvalue weighted by atomic mass is 35.5. The molecule has 1 fully saturated rings. The first-order valence-electron chi connectivity index (χ1n) is 9.90. The number of rotatable bonds is 8. The van der Waals surface area contributed by atoms with Gasteiger partial charge in [0.2, 0.25) is 10.0 Å². The Bertz CT molecular complexity index is 719. The predicted molar refractivity (Wildman–Crippen MR) is 115 cm³/mol. The summed E-state index contributed by atoms with van der Waals surface area (Å²) in [6.07, 6.45) is 6.61. The number of benzene rings is 1. The topological polar surface area (TPSA) is 92.5 Å². The quantitative estimate of drug-likeness (QED) is 0.660. The van der Waals surface area contributed by atoms with Crippen LogP contribution < -0.4 is 11.1 Å². The monoisotopic (exact) mass is 431 g/mol. The molecule has 0 aromatic heterocycles. The van der Waals surface area contributed by atoms with E-state index in [1.165, 1.54) is 22.9 Å². The predicted octanol–water partition coefficient (Wildman–Crippen LogP) is 3.31. The zero-order valence-corrected chi connectivity index (χ0v) is 18.7. The molecule has 1 saturated carbocycles. The van der Waals surface area contributed by atoms with Crippen molar-refractivity contribution in [2.75, 3.05) is 13.6 Å². The molecule has 0 heterocycles. The van der Waals surface area contributed by atoms with Crippen molar-refractivity contribution in [2.24, 2.45) is 5.73 Å². The number of hydrogen-bond acceptors (Lipinski definition) is 4. The van der Waals surface area contributed by atoms with E-state index in [1.54, 1.807) is 19.2 Å². The van der Waals surface area contributed by atoms with Crippen LogP contribution in [0.2, 0.25) is 0 Å². The van der Waals surface area contributed by atoms with Gasteiger partial charge in [-0.15, -0.1) is 12.4 Å². The van der Waals surface area contributed by atoms with Crippen molar-refractivity contribution in [3.05, 3.63) is 29.8 Å². The number of carbonyl (C=O) groups is 1. The fraction of sp³-hybridized carbons (Fsp3) is 0.650. The molecule has 1 aliphatic rings. The summed E-state index contributed by atoms with van der Waals surface area (Å²) in [5.41, 5.74) is 5.85. The molecule has 1 aromatic carbocycles. The average Bonchev–Trinajstić information content (AvgIpc) is 2.72. The van der Waals surface area contributed by atoms with E-state index in [0.29, 0.717) is 12.1 Å². The molecular weight excluding hydrogens is 398 g/mol. The molecule has 0 aliphatic heterocycles. The van der Waals surface area contributed by atoms with Gasteiger partial charge in [-0.3, -0.25) is 4.79 Å². The molecule has 3 N–H and O–H groups in total. The van der Waals surface area contributed by atoms with Crippen LogP contribution in [0, 0.1) is 0 Å². The van der Waals surface area contributed by atoms with E-state index in [4.69, 9.17) is 5.73 Å². The summed E-state index contributed by atoms with van der Waals surface area (Å²) in [4.78, 5) is 12.8. The molecule has 0 unspecified atom stereocenters. The van der Waals surface area contributed by atoms with Crippen LogP contribution in [0.25, 0.3) is 0 Å². The largest absolute Gasteiger partial charge is 0.345 e. The van der Waals surface area contributed by atoms with Crippen molar-refractivity contribution in [1.82, 2.24) is 9.62 Å². The molecule has 160 valence electrons. The Balaban J connectivity index is 0.00000392. The Kier molecular flexibility index (Phi) is 9.40. The molecule has 0 radical (unpaired) electrons. The first kappa shape index (κ1) is 24.9. The Morgan fingerprint density at radius 2 is 1.68 bits per heavy atom. The molecule has 2 rings (SSSR count). The van der Waals surface area contributed by atoms with E-state index < -0.39 is 15.6 Å².